The van der Waals surface area contributed by atoms with Crippen molar-refractivity contribution >= 4 is 11.6 Å². The fraction of sp³-hybridized carbons (Fsp3) is 0.464. The average molecular weight is 464 g/mol. The smallest absolute Gasteiger partial charge is 0.258 e. The van der Waals surface area contributed by atoms with Crippen LogP contribution in [0.5, 0.6) is 0 Å². The van der Waals surface area contributed by atoms with Gasteiger partial charge in [0.15, 0.2) is 0 Å². The van der Waals surface area contributed by atoms with E-state index in [-0.39, 0.29) is 11.4 Å². The van der Waals surface area contributed by atoms with Gasteiger partial charge in [-0.2, -0.15) is 0 Å². The molecule has 2 fully saturated rings. The van der Waals surface area contributed by atoms with Crippen molar-refractivity contribution in [2.45, 2.75) is 70.1 Å². The number of amides is 1. The van der Waals surface area contributed by atoms with Crippen molar-refractivity contribution < 1.29 is 14.6 Å². The van der Waals surface area contributed by atoms with E-state index in [1.165, 1.54) is 0 Å². The van der Waals surface area contributed by atoms with Gasteiger partial charge in [-0.15, -0.1) is 13.2 Å². The highest BCUT2D eigenvalue weighted by molar-refractivity contribution is 6.08. The predicted octanol–water partition coefficient (Wildman–Crippen LogP) is 4.24. The Balaban J connectivity index is 0.00000158. The van der Waals surface area contributed by atoms with E-state index in [1.54, 1.807) is 7.11 Å². The number of methoxy groups -OCH3 is 1. The van der Waals surface area contributed by atoms with E-state index >= 15 is 0 Å². The maximum absolute atomic E-state index is 13.4. The molecule has 182 valence electrons. The van der Waals surface area contributed by atoms with Crippen molar-refractivity contribution in [2.24, 2.45) is 5.73 Å². The van der Waals surface area contributed by atoms with Gasteiger partial charge in [-0.25, -0.2) is 0 Å². The molecule has 0 unspecified atom stereocenters. The molecule has 0 aromatic heterocycles. The number of nitrogens with zero attached hydrogens (tertiary/aromatic N) is 1. The molecule has 1 aliphatic heterocycles. The van der Waals surface area contributed by atoms with Gasteiger partial charge in [0.05, 0.1) is 17.8 Å². The summed E-state index contributed by atoms with van der Waals surface area (Å²) in [7, 11) is 1.66. The molecule has 0 bridgehead atoms. The first-order valence-electron chi connectivity index (χ1n) is 11.8. The summed E-state index contributed by atoms with van der Waals surface area (Å²) in [6.45, 7) is 11.1. The van der Waals surface area contributed by atoms with Crippen LogP contribution in [-0.2, 0) is 16.1 Å². The summed E-state index contributed by atoms with van der Waals surface area (Å²) in [4.78, 5) is 15.7. The number of carbonyl (C=O) groups excluding carboxylic acids is 1. The number of nitrogens with one attached hydrogen (secondary N) is 1. The van der Waals surface area contributed by atoms with E-state index in [0.717, 1.165) is 48.9 Å². The topological polar surface area (TPSA) is 87.8 Å². The number of allylic oxidation sites excluding steroid dienone is 2. The Kier molecular flexibility index (Phi) is 7.91. The standard InChI is InChI=1S/C26H33N3O3.C2H4/c1-18(27)21-16-29(25(2)14-15-25)22(6-4-11-26(31)12-5-13-26)23(21)24(30)28-20-9-7-19(8-10-20)17-32-3;1-2/h7-10,31H,5,11-17,27H2,1-3H3,(H,28,30);1-2H2/b21-18-;. The van der Waals surface area contributed by atoms with Crippen molar-refractivity contribution in [3.8, 4) is 11.8 Å². The van der Waals surface area contributed by atoms with E-state index in [1.807, 2.05) is 31.2 Å². The lowest BCUT2D eigenvalue weighted by Crippen LogP contribution is -2.36. The number of benzene rings is 1. The molecular weight excluding hydrogens is 426 g/mol. The molecule has 6 nitrogen and oxygen atoms in total. The lowest BCUT2D eigenvalue weighted by molar-refractivity contribution is -0.112. The highest BCUT2D eigenvalue weighted by atomic mass is 16.5. The normalized spacial score (nSPS) is 20.9. The average Bonchev–Trinajstić information content (AvgIpc) is 3.42. The van der Waals surface area contributed by atoms with Gasteiger partial charge >= 0.3 is 0 Å². The minimum Gasteiger partial charge on any atom is -0.402 e. The molecule has 2 aliphatic carbocycles. The largest absolute Gasteiger partial charge is 0.402 e. The summed E-state index contributed by atoms with van der Waals surface area (Å²) >= 11 is 0. The van der Waals surface area contributed by atoms with Crippen LogP contribution in [0.4, 0.5) is 5.69 Å². The van der Waals surface area contributed by atoms with Crippen molar-refractivity contribution in [2.75, 3.05) is 19.0 Å². The van der Waals surface area contributed by atoms with Gasteiger partial charge in [-0.05, 0) is 69.6 Å². The van der Waals surface area contributed by atoms with Gasteiger partial charge in [0.2, 0.25) is 0 Å². The number of nitrogens with two attached hydrogens (primary N) is 1. The number of rotatable bonds is 6. The first-order chi connectivity index (χ1) is 16.2. The lowest BCUT2D eigenvalue weighted by atomic mass is 9.78. The molecule has 0 atom stereocenters. The Morgan fingerprint density at radius 3 is 2.38 bits per heavy atom. The SMILES string of the molecule is C=C.COCc1ccc(NC(=O)C2=C(C#CCC3(O)CCC3)N(C3(C)CC3)C/C2=C(\C)N)cc1. The highest BCUT2D eigenvalue weighted by Gasteiger charge is 2.48. The predicted molar refractivity (Wildman–Crippen MR) is 136 cm³/mol. The number of hydrogen-bond donors (Lipinski definition) is 3. The molecule has 6 heteroatoms. The van der Waals surface area contributed by atoms with Crippen LogP contribution in [0.25, 0.3) is 0 Å². The summed E-state index contributed by atoms with van der Waals surface area (Å²) in [6, 6.07) is 7.62. The minimum absolute atomic E-state index is 0.00190. The van der Waals surface area contributed by atoms with E-state index in [0.29, 0.717) is 36.5 Å². The van der Waals surface area contributed by atoms with Crippen molar-refractivity contribution in [1.82, 2.24) is 4.90 Å². The highest BCUT2D eigenvalue weighted by Crippen LogP contribution is 2.47. The molecule has 4 N–H and O–H groups in total. The summed E-state index contributed by atoms with van der Waals surface area (Å²) in [5.41, 5.74) is 10.0. The molecular formula is C28H37N3O3. The molecule has 1 heterocycles. The summed E-state index contributed by atoms with van der Waals surface area (Å²) in [5.74, 6) is 6.23. The third-order valence-corrected chi connectivity index (χ3v) is 6.88. The molecule has 0 saturated heterocycles. The summed E-state index contributed by atoms with van der Waals surface area (Å²) in [5, 5.41) is 13.5. The van der Waals surface area contributed by atoms with Crippen molar-refractivity contribution in [3.05, 3.63) is 65.5 Å². The molecule has 4 rings (SSSR count). The Morgan fingerprint density at radius 1 is 1.24 bits per heavy atom. The van der Waals surface area contributed by atoms with Gasteiger partial charge < -0.3 is 25.8 Å². The molecule has 3 aliphatic rings. The van der Waals surface area contributed by atoms with Crippen LogP contribution in [0.3, 0.4) is 0 Å². The Hall–Kier alpha value is -3.01. The zero-order chi connectivity index (χ0) is 24.9. The zero-order valence-electron chi connectivity index (χ0n) is 20.7. The minimum atomic E-state index is -0.671. The second kappa shape index (κ2) is 10.5. The number of carbonyl (C=O) groups is 1. The maximum atomic E-state index is 13.4. The first kappa shape index (κ1) is 25.6. The second-order valence-electron chi connectivity index (χ2n) is 9.61. The first-order valence-corrected chi connectivity index (χ1v) is 11.8. The number of hydrogen-bond acceptors (Lipinski definition) is 5. The molecule has 34 heavy (non-hydrogen) atoms. The van der Waals surface area contributed by atoms with Crippen LogP contribution in [0, 0.1) is 11.8 Å². The fourth-order valence-corrected chi connectivity index (χ4v) is 4.30. The van der Waals surface area contributed by atoms with E-state index in [2.05, 4.69) is 42.1 Å². The number of anilines is 1. The van der Waals surface area contributed by atoms with Crippen molar-refractivity contribution in [1.29, 1.82) is 0 Å². The van der Waals surface area contributed by atoms with Gasteiger partial charge in [-0.3, -0.25) is 4.79 Å². The number of ether oxygens (including phenoxy) is 1. The second-order valence-corrected chi connectivity index (χ2v) is 9.61. The summed E-state index contributed by atoms with van der Waals surface area (Å²) < 4.78 is 5.15. The molecule has 0 radical (unpaired) electrons. The zero-order valence-corrected chi connectivity index (χ0v) is 20.7. The van der Waals surface area contributed by atoms with Crippen LogP contribution >= 0.6 is 0 Å². The van der Waals surface area contributed by atoms with E-state index in [9.17, 15) is 9.90 Å². The van der Waals surface area contributed by atoms with Crippen LogP contribution in [0.15, 0.2) is 60.0 Å². The molecule has 1 aromatic rings. The van der Waals surface area contributed by atoms with Gasteiger partial charge in [-0.1, -0.05) is 18.1 Å². The Labute approximate surface area is 203 Å². The monoisotopic (exact) mass is 463 g/mol. The fourth-order valence-electron chi connectivity index (χ4n) is 4.30. The molecule has 2 saturated carbocycles. The third-order valence-electron chi connectivity index (χ3n) is 6.88. The van der Waals surface area contributed by atoms with Crippen LogP contribution in [-0.4, -0.2) is 40.7 Å². The van der Waals surface area contributed by atoms with Crippen LogP contribution < -0.4 is 11.1 Å². The van der Waals surface area contributed by atoms with E-state index < -0.39 is 5.60 Å². The quantitative estimate of drug-likeness (QED) is 0.434. The molecule has 1 aromatic carbocycles. The van der Waals surface area contributed by atoms with Gasteiger partial charge in [0.25, 0.3) is 5.91 Å². The maximum Gasteiger partial charge on any atom is 0.258 e. The Bertz CT molecular complexity index is 1030. The van der Waals surface area contributed by atoms with Gasteiger partial charge in [0, 0.05) is 42.6 Å². The third kappa shape index (κ3) is 5.55. The number of aliphatic hydroxyl groups is 1. The van der Waals surface area contributed by atoms with E-state index in [4.69, 9.17) is 10.5 Å². The lowest BCUT2D eigenvalue weighted by Gasteiger charge is -2.34. The van der Waals surface area contributed by atoms with Gasteiger partial charge in [0.1, 0.15) is 5.70 Å². The Morgan fingerprint density at radius 2 is 1.88 bits per heavy atom. The van der Waals surface area contributed by atoms with Crippen molar-refractivity contribution in [3.63, 3.8) is 0 Å². The molecule has 0 spiro atoms. The van der Waals surface area contributed by atoms with Crippen LogP contribution in [0.2, 0.25) is 0 Å². The van der Waals surface area contributed by atoms with Crippen LogP contribution in [0.1, 0.15) is 57.9 Å². The summed E-state index contributed by atoms with van der Waals surface area (Å²) in [6.07, 6.45) is 5.19. The molecule has 1 amide bonds.